The molecule has 0 saturated carbocycles. The topological polar surface area (TPSA) is 59.9 Å². The zero-order chi connectivity index (χ0) is 18.4. The first-order valence-electron chi connectivity index (χ1n) is 7.54. The van der Waals surface area contributed by atoms with Gasteiger partial charge < -0.3 is 9.47 Å². The maximum atomic E-state index is 12.2. The number of carbonyl (C=O) groups excluding carboxylic acids is 1. The minimum Gasteiger partial charge on any atom is -0.493 e. The standard InChI is InChI=1S/C18H18Cl2N2O3/c1-11(2)25-15-8-7-12(9-16(15)24-3)18(23)22-21-10-13-5-4-6-14(19)17(13)20/h4-11H,1-3H3,(H,22,23)/b21-10+. The molecule has 0 bridgehead atoms. The second-order valence-corrected chi connectivity index (χ2v) is 6.16. The van der Waals surface area contributed by atoms with Gasteiger partial charge in [0.25, 0.3) is 5.91 Å². The fourth-order valence-electron chi connectivity index (χ4n) is 2.01. The summed E-state index contributed by atoms with van der Waals surface area (Å²) in [5.41, 5.74) is 3.43. The number of hydrogen-bond donors (Lipinski definition) is 1. The van der Waals surface area contributed by atoms with E-state index in [0.717, 1.165) is 0 Å². The molecular weight excluding hydrogens is 363 g/mol. The van der Waals surface area contributed by atoms with Gasteiger partial charge in [0.2, 0.25) is 0 Å². The first-order chi connectivity index (χ1) is 11.9. The Kier molecular flexibility index (Phi) is 6.67. The van der Waals surface area contributed by atoms with Crippen LogP contribution in [0.5, 0.6) is 11.5 Å². The van der Waals surface area contributed by atoms with Gasteiger partial charge in [0.1, 0.15) is 0 Å². The lowest BCUT2D eigenvalue weighted by atomic mass is 10.2. The molecule has 0 unspecified atom stereocenters. The van der Waals surface area contributed by atoms with Crippen LogP contribution in [0.15, 0.2) is 41.5 Å². The molecule has 1 amide bonds. The van der Waals surface area contributed by atoms with Gasteiger partial charge in [-0.3, -0.25) is 4.79 Å². The van der Waals surface area contributed by atoms with E-state index >= 15 is 0 Å². The number of methoxy groups -OCH3 is 1. The summed E-state index contributed by atoms with van der Waals surface area (Å²) in [4.78, 5) is 12.2. The number of rotatable bonds is 6. The molecule has 0 aliphatic carbocycles. The minimum absolute atomic E-state index is 0.000575. The quantitative estimate of drug-likeness (QED) is 0.590. The number of halogens is 2. The summed E-state index contributed by atoms with van der Waals surface area (Å²) < 4.78 is 10.9. The summed E-state index contributed by atoms with van der Waals surface area (Å²) in [6.07, 6.45) is 1.43. The Morgan fingerprint density at radius 3 is 2.64 bits per heavy atom. The number of nitrogens with zero attached hydrogens (tertiary/aromatic N) is 1. The Labute approximate surface area is 156 Å². The smallest absolute Gasteiger partial charge is 0.271 e. The van der Waals surface area contributed by atoms with Crippen molar-refractivity contribution in [3.63, 3.8) is 0 Å². The van der Waals surface area contributed by atoms with Crippen molar-refractivity contribution >= 4 is 35.3 Å². The maximum absolute atomic E-state index is 12.2. The molecular formula is C18H18Cl2N2O3. The van der Waals surface area contributed by atoms with Crippen molar-refractivity contribution < 1.29 is 14.3 Å². The summed E-state index contributed by atoms with van der Waals surface area (Å²) >= 11 is 12.0. The van der Waals surface area contributed by atoms with Gasteiger partial charge in [-0.1, -0.05) is 35.3 Å². The highest BCUT2D eigenvalue weighted by molar-refractivity contribution is 6.43. The molecule has 0 spiro atoms. The first-order valence-corrected chi connectivity index (χ1v) is 8.30. The monoisotopic (exact) mass is 380 g/mol. The third kappa shape index (κ3) is 5.11. The summed E-state index contributed by atoms with van der Waals surface area (Å²) in [5.74, 6) is 0.662. The lowest BCUT2D eigenvalue weighted by molar-refractivity contribution is 0.0954. The van der Waals surface area contributed by atoms with Gasteiger partial charge in [0.15, 0.2) is 11.5 Å². The van der Waals surface area contributed by atoms with Crippen LogP contribution in [0.4, 0.5) is 0 Å². The fourth-order valence-corrected chi connectivity index (χ4v) is 2.36. The first kappa shape index (κ1) is 19.1. The highest BCUT2D eigenvalue weighted by Gasteiger charge is 2.12. The molecule has 5 nitrogen and oxygen atoms in total. The summed E-state index contributed by atoms with van der Waals surface area (Å²) in [7, 11) is 1.52. The van der Waals surface area contributed by atoms with E-state index in [-0.39, 0.29) is 12.0 Å². The highest BCUT2D eigenvalue weighted by Crippen LogP contribution is 2.29. The summed E-state index contributed by atoms with van der Waals surface area (Å²) in [6, 6.07) is 10.1. The van der Waals surface area contributed by atoms with Gasteiger partial charge >= 0.3 is 0 Å². The molecule has 0 radical (unpaired) electrons. The van der Waals surface area contributed by atoms with Crippen molar-refractivity contribution in [2.75, 3.05) is 7.11 Å². The SMILES string of the molecule is COc1cc(C(=O)N/N=C/c2cccc(Cl)c2Cl)ccc1OC(C)C. The zero-order valence-electron chi connectivity index (χ0n) is 14.0. The zero-order valence-corrected chi connectivity index (χ0v) is 15.6. The Hall–Kier alpha value is -2.24. The molecule has 0 heterocycles. The van der Waals surface area contributed by atoms with Crippen molar-refractivity contribution in [3.8, 4) is 11.5 Å². The van der Waals surface area contributed by atoms with Gasteiger partial charge in [-0.05, 0) is 38.1 Å². The summed E-state index contributed by atoms with van der Waals surface area (Å²) in [5, 5.41) is 4.70. The van der Waals surface area contributed by atoms with Crippen LogP contribution in [-0.2, 0) is 0 Å². The number of ether oxygens (including phenoxy) is 2. The molecule has 0 aliphatic heterocycles. The molecule has 1 N–H and O–H groups in total. The Bertz CT molecular complexity index is 792. The van der Waals surface area contributed by atoms with Gasteiger partial charge in [0.05, 0.1) is 29.5 Å². The van der Waals surface area contributed by atoms with Crippen LogP contribution in [0.1, 0.15) is 29.8 Å². The van der Waals surface area contributed by atoms with E-state index in [1.165, 1.54) is 13.3 Å². The Morgan fingerprint density at radius 2 is 1.96 bits per heavy atom. The molecule has 2 aromatic carbocycles. The molecule has 7 heteroatoms. The normalized spacial score (nSPS) is 11.0. The van der Waals surface area contributed by atoms with Gasteiger partial charge in [-0.15, -0.1) is 0 Å². The van der Waals surface area contributed by atoms with Crippen molar-refractivity contribution in [1.29, 1.82) is 0 Å². The molecule has 0 aliphatic rings. The third-order valence-corrected chi connectivity index (χ3v) is 3.97. The predicted molar refractivity (Wildman–Crippen MR) is 100 cm³/mol. The van der Waals surface area contributed by atoms with E-state index in [0.29, 0.717) is 32.7 Å². The van der Waals surface area contributed by atoms with E-state index in [2.05, 4.69) is 10.5 Å². The molecule has 2 aromatic rings. The van der Waals surface area contributed by atoms with E-state index in [1.54, 1.807) is 36.4 Å². The van der Waals surface area contributed by atoms with E-state index in [9.17, 15) is 4.79 Å². The second kappa shape index (κ2) is 8.74. The number of carbonyl (C=O) groups is 1. The number of benzene rings is 2. The lowest BCUT2D eigenvalue weighted by Crippen LogP contribution is -2.18. The lowest BCUT2D eigenvalue weighted by Gasteiger charge is -2.14. The van der Waals surface area contributed by atoms with Crippen molar-refractivity contribution in [1.82, 2.24) is 5.43 Å². The molecule has 2 rings (SSSR count). The number of hydrogen-bond acceptors (Lipinski definition) is 4. The molecule has 0 fully saturated rings. The van der Waals surface area contributed by atoms with Gasteiger partial charge in [0, 0.05) is 11.1 Å². The van der Waals surface area contributed by atoms with Crippen LogP contribution in [0, 0.1) is 0 Å². The molecule has 0 aromatic heterocycles. The highest BCUT2D eigenvalue weighted by atomic mass is 35.5. The number of amides is 1. The van der Waals surface area contributed by atoms with Crippen molar-refractivity contribution in [2.45, 2.75) is 20.0 Å². The average molecular weight is 381 g/mol. The molecule has 0 atom stereocenters. The second-order valence-electron chi connectivity index (χ2n) is 5.37. The average Bonchev–Trinajstić information content (AvgIpc) is 2.58. The fraction of sp³-hybridized carbons (Fsp3) is 0.222. The number of nitrogens with one attached hydrogen (secondary N) is 1. The van der Waals surface area contributed by atoms with Gasteiger partial charge in [-0.2, -0.15) is 5.10 Å². The summed E-state index contributed by atoms with van der Waals surface area (Å²) in [6.45, 7) is 3.82. The predicted octanol–water partition coefficient (Wildman–Crippen LogP) is 4.55. The maximum Gasteiger partial charge on any atom is 0.271 e. The van der Waals surface area contributed by atoms with Crippen LogP contribution >= 0.6 is 23.2 Å². The molecule has 25 heavy (non-hydrogen) atoms. The number of hydrazone groups is 1. The Balaban J connectivity index is 2.10. The van der Waals surface area contributed by atoms with E-state index < -0.39 is 0 Å². The van der Waals surface area contributed by atoms with E-state index in [1.807, 2.05) is 13.8 Å². The van der Waals surface area contributed by atoms with Crippen LogP contribution in [0.3, 0.4) is 0 Å². The van der Waals surface area contributed by atoms with Gasteiger partial charge in [-0.25, -0.2) is 5.43 Å². The van der Waals surface area contributed by atoms with E-state index in [4.69, 9.17) is 32.7 Å². The van der Waals surface area contributed by atoms with Crippen LogP contribution in [0.2, 0.25) is 10.0 Å². The third-order valence-electron chi connectivity index (χ3n) is 3.14. The van der Waals surface area contributed by atoms with Crippen molar-refractivity contribution in [3.05, 3.63) is 57.6 Å². The molecule has 0 saturated heterocycles. The molecule has 132 valence electrons. The van der Waals surface area contributed by atoms with Crippen LogP contribution < -0.4 is 14.9 Å². The van der Waals surface area contributed by atoms with Crippen LogP contribution in [-0.4, -0.2) is 25.3 Å². The largest absolute Gasteiger partial charge is 0.493 e. The Morgan fingerprint density at radius 1 is 1.20 bits per heavy atom. The minimum atomic E-state index is -0.385. The van der Waals surface area contributed by atoms with Crippen molar-refractivity contribution in [2.24, 2.45) is 5.10 Å². The van der Waals surface area contributed by atoms with Crippen LogP contribution in [0.25, 0.3) is 0 Å².